The van der Waals surface area contributed by atoms with E-state index in [2.05, 4.69) is 5.10 Å². The van der Waals surface area contributed by atoms with Crippen LogP contribution in [0.1, 0.15) is 30.9 Å². The average Bonchev–Trinajstić information content (AvgIpc) is 2.67. The number of fused-ring (bicyclic) bond motifs is 3. The minimum absolute atomic E-state index is 0.151. The number of benzene rings is 1. The Labute approximate surface area is 157 Å². The number of ether oxygens (including phenoxy) is 3. The van der Waals surface area contributed by atoms with Gasteiger partial charge in [-0.05, 0) is 49.4 Å². The summed E-state index contributed by atoms with van der Waals surface area (Å²) in [5.74, 6) is 1.05. The van der Waals surface area contributed by atoms with Gasteiger partial charge in [-0.1, -0.05) is 0 Å². The highest BCUT2D eigenvalue weighted by Gasteiger charge is 2.22. The van der Waals surface area contributed by atoms with Crippen molar-refractivity contribution in [3.63, 3.8) is 0 Å². The number of aryl methyl sites for hydroxylation is 3. The maximum absolute atomic E-state index is 12.4. The first kappa shape index (κ1) is 18.9. The van der Waals surface area contributed by atoms with Crippen LogP contribution < -0.4 is 15.0 Å². The molecule has 2 aromatic rings. The number of hydrogen-bond acceptors (Lipinski definition) is 6. The molecule has 0 N–H and O–H groups in total. The smallest absolute Gasteiger partial charge is 0.305 e. The largest absolute Gasteiger partial charge is 0.493 e. The van der Waals surface area contributed by atoms with Crippen LogP contribution in [0, 0.1) is 0 Å². The summed E-state index contributed by atoms with van der Waals surface area (Å²) in [4.78, 5) is 23.9. The van der Waals surface area contributed by atoms with Gasteiger partial charge >= 0.3 is 5.97 Å². The molecule has 0 saturated heterocycles. The van der Waals surface area contributed by atoms with E-state index in [9.17, 15) is 9.59 Å². The molecule has 1 aliphatic carbocycles. The van der Waals surface area contributed by atoms with Crippen LogP contribution in [0.4, 0.5) is 0 Å². The Hall–Kier alpha value is -2.83. The van der Waals surface area contributed by atoms with Crippen LogP contribution in [0.15, 0.2) is 23.0 Å². The lowest BCUT2D eigenvalue weighted by Gasteiger charge is -2.21. The van der Waals surface area contributed by atoms with Gasteiger partial charge in [-0.2, -0.15) is 5.10 Å². The van der Waals surface area contributed by atoms with Crippen molar-refractivity contribution in [1.29, 1.82) is 0 Å². The third kappa shape index (κ3) is 3.97. The number of carbonyl (C=O) groups is 1. The summed E-state index contributed by atoms with van der Waals surface area (Å²) in [6.07, 6.45) is 2.34. The lowest BCUT2D eigenvalue weighted by Crippen LogP contribution is -2.26. The van der Waals surface area contributed by atoms with Crippen LogP contribution in [0.25, 0.3) is 11.3 Å². The van der Waals surface area contributed by atoms with Gasteiger partial charge in [0.15, 0.2) is 11.5 Å². The second-order valence-corrected chi connectivity index (χ2v) is 6.35. The summed E-state index contributed by atoms with van der Waals surface area (Å²) in [5.41, 5.74) is 3.63. The molecule has 1 aromatic heterocycles. The summed E-state index contributed by atoms with van der Waals surface area (Å²) in [7, 11) is 3.21. The molecule has 7 nitrogen and oxygen atoms in total. The summed E-state index contributed by atoms with van der Waals surface area (Å²) in [6.45, 7) is 2.50. The van der Waals surface area contributed by atoms with Gasteiger partial charge in [-0.3, -0.25) is 9.59 Å². The summed E-state index contributed by atoms with van der Waals surface area (Å²) < 4.78 is 17.1. The average molecular weight is 372 g/mol. The lowest BCUT2D eigenvalue weighted by molar-refractivity contribution is -0.143. The number of hydrogen-bond donors (Lipinski definition) is 0. The monoisotopic (exact) mass is 372 g/mol. The van der Waals surface area contributed by atoms with E-state index in [-0.39, 0.29) is 17.9 Å². The van der Waals surface area contributed by atoms with Crippen molar-refractivity contribution in [3.05, 3.63) is 39.7 Å². The molecule has 0 aliphatic heterocycles. The van der Waals surface area contributed by atoms with Gasteiger partial charge in [0.05, 0.1) is 26.5 Å². The molecule has 0 unspecified atom stereocenters. The Morgan fingerprint density at radius 1 is 1.11 bits per heavy atom. The number of nitrogens with zero attached hydrogens (tertiary/aromatic N) is 2. The van der Waals surface area contributed by atoms with E-state index >= 15 is 0 Å². The highest BCUT2D eigenvalue weighted by atomic mass is 16.5. The Bertz CT molecular complexity index is 904. The predicted octanol–water partition coefficient (Wildman–Crippen LogP) is 2.37. The van der Waals surface area contributed by atoms with Crippen molar-refractivity contribution in [2.75, 3.05) is 20.8 Å². The van der Waals surface area contributed by atoms with Crippen molar-refractivity contribution < 1.29 is 19.0 Å². The van der Waals surface area contributed by atoms with E-state index < -0.39 is 0 Å². The quantitative estimate of drug-likeness (QED) is 0.694. The molecule has 3 rings (SSSR count). The molecule has 27 heavy (non-hydrogen) atoms. The highest BCUT2D eigenvalue weighted by molar-refractivity contribution is 5.72. The molecule has 1 aliphatic rings. The zero-order valence-corrected chi connectivity index (χ0v) is 15.9. The first-order valence-corrected chi connectivity index (χ1v) is 9.09. The van der Waals surface area contributed by atoms with Gasteiger partial charge in [-0.15, -0.1) is 0 Å². The molecular formula is C20H24N2O5. The van der Waals surface area contributed by atoms with Crippen molar-refractivity contribution in [2.45, 2.75) is 39.2 Å². The molecule has 7 heteroatoms. The fourth-order valence-corrected chi connectivity index (χ4v) is 3.33. The van der Waals surface area contributed by atoms with Gasteiger partial charge in [0, 0.05) is 24.6 Å². The third-order valence-corrected chi connectivity index (χ3v) is 4.66. The molecule has 0 saturated carbocycles. The Kier molecular flexibility index (Phi) is 5.78. The van der Waals surface area contributed by atoms with E-state index in [4.69, 9.17) is 14.2 Å². The van der Waals surface area contributed by atoms with Crippen LogP contribution in [0.3, 0.4) is 0 Å². The van der Waals surface area contributed by atoms with Gasteiger partial charge in [0.1, 0.15) is 0 Å². The summed E-state index contributed by atoms with van der Waals surface area (Å²) >= 11 is 0. The fourth-order valence-electron chi connectivity index (χ4n) is 3.33. The molecule has 0 bridgehead atoms. The van der Waals surface area contributed by atoms with Gasteiger partial charge in [0.2, 0.25) is 0 Å². The Morgan fingerprint density at radius 2 is 1.81 bits per heavy atom. The molecule has 1 aromatic carbocycles. The van der Waals surface area contributed by atoms with E-state index in [1.807, 2.05) is 12.1 Å². The standard InChI is InChI=1S/C20H24N2O5/c1-4-27-19(24)6-5-9-22-18(23)11-14-8-7-13-10-16(25-2)17(26-3)12-15(13)20(14)21-22/h10-12H,4-9H2,1-3H3. The van der Waals surface area contributed by atoms with Crippen molar-refractivity contribution >= 4 is 5.97 Å². The van der Waals surface area contributed by atoms with Crippen LogP contribution in [0.5, 0.6) is 11.5 Å². The Balaban J connectivity index is 1.91. The minimum atomic E-state index is -0.259. The highest BCUT2D eigenvalue weighted by Crippen LogP contribution is 2.39. The summed E-state index contributed by atoms with van der Waals surface area (Å²) in [5, 5.41) is 4.58. The molecular weight excluding hydrogens is 348 g/mol. The van der Waals surface area contributed by atoms with Gasteiger partial charge in [0.25, 0.3) is 5.56 Å². The molecule has 0 atom stereocenters. The van der Waals surface area contributed by atoms with Gasteiger partial charge in [-0.25, -0.2) is 4.68 Å². The molecule has 1 heterocycles. The SMILES string of the molecule is CCOC(=O)CCCn1nc2c(cc1=O)CCc1cc(OC)c(OC)cc1-2. The van der Waals surface area contributed by atoms with E-state index in [1.165, 1.54) is 4.68 Å². The van der Waals surface area contributed by atoms with Crippen LogP contribution in [-0.2, 0) is 28.9 Å². The zero-order valence-electron chi connectivity index (χ0n) is 15.9. The van der Waals surface area contributed by atoms with Gasteiger partial charge < -0.3 is 14.2 Å². The van der Waals surface area contributed by atoms with Crippen molar-refractivity contribution in [1.82, 2.24) is 9.78 Å². The predicted molar refractivity (Wildman–Crippen MR) is 100 cm³/mol. The molecule has 0 fully saturated rings. The number of rotatable bonds is 7. The van der Waals surface area contributed by atoms with Crippen LogP contribution in [-0.4, -0.2) is 36.6 Å². The molecule has 144 valence electrons. The number of aromatic nitrogens is 2. The first-order valence-electron chi connectivity index (χ1n) is 9.09. The van der Waals surface area contributed by atoms with E-state index in [1.54, 1.807) is 27.2 Å². The Morgan fingerprint density at radius 3 is 2.52 bits per heavy atom. The summed E-state index contributed by atoms with van der Waals surface area (Å²) in [6, 6.07) is 5.52. The maximum atomic E-state index is 12.4. The molecule has 0 spiro atoms. The minimum Gasteiger partial charge on any atom is -0.493 e. The van der Waals surface area contributed by atoms with E-state index in [0.717, 1.165) is 35.2 Å². The maximum Gasteiger partial charge on any atom is 0.305 e. The fraction of sp³-hybridized carbons (Fsp3) is 0.450. The molecule has 0 amide bonds. The normalized spacial score (nSPS) is 12.1. The lowest BCUT2D eigenvalue weighted by atomic mass is 9.89. The second-order valence-electron chi connectivity index (χ2n) is 6.35. The van der Waals surface area contributed by atoms with E-state index in [0.29, 0.717) is 31.1 Å². The number of methoxy groups -OCH3 is 2. The van der Waals surface area contributed by atoms with Crippen LogP contribution >= 0.6 is 0 Å². The van der Waals surface area contributed by atoms with Crippen molar-refractivity contribution in [2.24, 2.45) is 0 Å². The van der Waals surface area contributed by atoms with Crippen molar-refractivity contribution in [3.8, 4) is 22.8 Å². The molecule has 0 radical (unpaired) electrons. The second kappa shape index (κ2) is 8.24. The number of esters is 1. The number of carbonyl (C=O) groups excluding carboxylic acids is 1. The zero-order chi connectivity index (χ0) is 19.4. The topological polar surface area (TPSA) is 79.7 Å². The first-order chi connectivity index (χ1) is 13.1. The third-order valence-electron chi connectivity index (χ3n) is 4.66. The van der Waals surface area contributed by atoms with Crippen LogP contribution in [0.2, 0.25) is 0 Å².